The van der Waals surface area contributed by atoms with Gasteiger partial charge in [0.15, 0.2) is 0 Å². The van der Waals surface area contributed by atoms with E-state index in [2.05, 4.69) is 10.4 Å². The van der Waals surface area contributed by atoms with Crippen molar-refractivity contribution in [2.24, 2.45) is 5.10 Å². The van der Waals surface area contributed by atoms with Gasteiger partial charge in [0.25, 0.3) is 5.91 Å². The number of ether oxygens (including phenoxy) is 2. The van der Waals surface area contributed by atoms with E-state index in [1.807, 2.05) is 24.1 Å². The Hall–Kier alpha value is -3.02. The zero-order valence-electron chi connectivity index (χ0n) is 14.6. The molecule has 0 spiro atoms. The standard InChI is InChI=1S/C19H21N3O3/c1-13-8-9-22(21-13)16-6-4-14(5-7-16)19(23)20-15-10-17(24-2)12-18(11-15)25-3/h4-7,10-12H,8-9H2,1-3H3,(H,20,23). The third-order valence-electron chi connectivity index (χ3n) is 4.01. The van der Waals surface area contributed by atoms with Crippen LogP contribution in [0.5, 0.6) is 11.5 Å². The van der Waals surface area contributed by atoms with Crippen LogP contribution in [-0.4, -0.2) is 32.4 Å². The van der Waals surface area contributed by atoms with E-state index in [0.717, 1.165) is 24.4 Å². The fourth-order valence-corrected chi connectivity index (χ4v) is 2.63. The number of methoxy groups -OCH3 is 2. The summed E-state index contributed by atoms with van der Waals surface area (Å²) >= 11 is 0. The molecule has 0 aliphatic carbocycles. The average molecular weight is 339 g/mol. The first kappa shape index (κ1) is 16.8. The summed E-state index contributed by atoms with van der Waals surface area (Å²) in [5, 5.41) is 9.27. The molecule has 1 heterocycles. The number of hydrogen-bond donors (Lipinski definition) is 1. The van der Waals surface area contributed by atoms with Crippen molar-refractivity contribution in [3.05, 3.63) is 48.0 Å². The van der Waals surface area contributed by atoms with Gasteiger partial charge < -0.3 is 14.8 Å². The summed E-state index contributed by atoms with van der Waals surface area (Å²) in [6, 6.07) is 12.7. The molecule has 0 unspecified atom stereocenters. The Morgan fingerprint density at radius 1 is 1.08 bits per heavy atom. The summed E-state index contributed by atoms with van der Waals surface area (Å²) in [5.74, 6) is 1.04. The van der Waals surface area contributed by atoms with E-state index in [4.69, 9.17) is 9.47 Å². The zero-order chi connectivity index (χ0) is 17.8. The summed E-state index contributed by atoms with van der Waals surface area (Å²) in [7, 11) is 3.14. The van der Waals surface area contributed by atoms with Crippen molar-refractivity contribution in [3.8, 4) is 11.5 Å². The quantitative estimate of drug-likeness (QED) is 0.905. The van der Waals surface area contributed by atoms with Crippen LogP contribution >= 0.6 is 0 Å². The summed E-state index contributed by atoms with van der Waals surface area (Å²) < 4.78 is 10.4. The highest BCUT2D eigenvalue weighted by Gasteiger charge is 2.14. The first-order chi connectivity index (χ1) is 12.1. The summed E-state index contributed by atoms with van der Waals surface area (Å²) in [5.41, 5.74) is 3.29. The van der Waals surface area contributed by atoms with Crippen LogP contribution in [0.4, 0.5) is 11.4 Å². The minimum atomic E-state index is -0.192. The predicted molar refractivity (Wildman–Crippen MR) is 99.0 cm³/mol. The van der Waals surface area contributed by atoms with Crippen molar-refractivity contribution in [3.63, 3.8) is 0 Å². The number of hydrogen-bond acceptors (Lipinski definition) is 5. The Labute approximate surface area is 147 Å². The molecule has 0 aromatic heterocycles. The molecule has 130 valence electrons. The maximum Gasteiger partial charge on any atom is 0.255 e. The summed E-state index contributed by atoms with van der Waals surface area (Å²) in [6.45, 7) is 2.89. The smallest absolute Gasteiger partial charge is 0.255 e. The van der Waals surface area contributed by atoms with Gasteiger partial charge in [-0.2, -0.15) is 5.10 Å². The largest absolute Gasteiger partial charge is 0.497 e. The third kappa shape index (κ3) is 3.91. The van der Waals surface area contributed by atoms with Gasteiger partial charge in [0.1, 0.15) is 11.5 Å². The number of amides is 1. The lowest BCUT2D eigenvalue weighted by Gasteiger charge is -2.14. The van der Waals surface area contributed by atoms with E-state index >= 15 is 0 Å². The molecule has 6 heteroatoms. The van der Waals surface area contributed by atoms with E-state index in [1.165, 1.54) is 0 Å². The molecule has 6 nitrogen and oxygen atoms in total. The van der Waals surface area contributed by atoms with Crippen LogP contribution in [0.25, 0.3) is 0 Å². The van der Waals surface area contributed by atoms with E-state index < -0.39 is 0 Å². The lowest BCUT2D eigenvalue weighted by molar-refractivity contribution is 0.102. The van der Waals surface area contributed by atoms with Crippen molar-refractivity contribution in [2.45, 2.75) is 13.3 Å². The molecule has 0 radical (unpaired) electrons. The fraction of sp³-hybridized carbons (Fsp3) is 0.263. The van der Waals surface area contributed by atoms with Crippen molar-refractivity contribution < 1.29 is 14.3 Å². The van der Waals surface area contributed by atoms with Gasteiger partial charge in [-0.1, -0.05) is 0 Å². The Bertz CT molecular complexity index is 778. The Morgan fingerprint density at radius 2 is 1.72 bits per heavy atom. The first-order valence-corrected chi connectivity index (χ1v) is 8.05. The van der Waals surface area contributed by atoms with Crippen LogP contribution in [0.2, 0.25) is 0 Å². The molecular formula is C19H21N3O3. The van der Waals surface area contributed by atoms with Crippen molar-refractivity contribution in [2.75, 3.05) is 31.1 Å². The van der Waals surface area contributed by atoms with Crippen LogP contribution in [0, 0.1) is 0 Å². The molecule has 2 aromatic carbocycles. The van der Waals surface area contributed by atoms with E-state index in [0.29, 0.717) is 22.7 Å². The molecule has 0 saturated heterocycles. The average Bonchev–Trinajstić information content (AvgIpc) is 3.07. The van der Waals surface area contributed by atoms with Crippen molar-refractivity contribution in [1.29, 1.82) is 0 Å². The predicted octanol–water partition coefficient (Wildman–Crippen LogP) is 3.54. The number of benzene rings is 2. The maximum atomic E-state index is 12.5. The minimum Gasteiger partial charge on any atom is -0.497 e. The molecule has 1 amide bonds. The highest BCUT2D eigenvalue weighted by atomic mass is 16.5. The Morgan fingerprint density at radius 3 is 2.24 bits per heavy atom. The molecular weight excluding hydrogens is 318 g/mol. The zero-order valence-corrected chi connectivity index (χ0v) is 14.6. The van der Waals surface area contributed by atoms with Gasteiger partial charge >= 0.3 is 0 Å². The minimum absolute atomic E-state index is 0.192. The molecule has 0 saturated carbocycles. The number of hydrazone groups is 1. The molecule has 1 aliphatic heterocycles. The van der Waals surface area contributed by atoms with Crippen molar-refractivity contribution in [1.82, 2.24) is 0 Å². The van der Waals surface area contributed by atoms with Crippen LogP contribution < -0.4 is 19.8 Å². The van der Waals surface area contributed by atoms with Gasteiger partial charge in [0, 0.05) is 48.1 Å². The molecule has 1 N–H and O–H groups in total. The van der Waals surface area contributed by atoms with Crippen LogP contribution in [0.1, 0.15) is 23.7 Å². The number of nitrogens with one attached hydrogen (secondary N) is 1. The van der Waals surface area contributed by atoms with E-state index in [9.17, 15) is 4.79 Å². The van der Waals surface area contributed by atoms with E-state index in [-0.39, 0.29) is 5.91 Å². The second kappa shape index (κ2) is 7.25. The van der Waals surface area contributed by atoms with Gasteiger partial charge in [-0.15, -0.1) is 0 Å². The molecule has 1 aliphatic rings. The van der Waals surface area contributed by atoms with Crippen LogP contribution in [-0.2, 0) is 0 Å². The van der Waals surface area contributed by atoms with Crippen molar-refractivity contribution >= 4 is 23.0 Å². The molecule has 3 rings (SSSR count). The highest BCUT2D eigenvalue weighted by Crippen LogP contribution is 2.26. The van der Waals surface area contributed by atoms with Crippen LogP contribution in [0.15, 0.2) is 47.6 Å². The number of carbonyl (C=O) groups excluding carboxylic acids is 1. The van der Waals surface area contributed by atoms with E-state index in [1.54, 1.807) is 44.6 Å². The number of carbonyl (C=O) groups is 1. The fourth-order valence-electron chi connectivity index (χ4n) is 2.63. The molecule has 0 fully saturated rings. The molecule has 2 aromatic rings. The van der Waals surface area contributed by atoms with Gasteiger partial charge in [-0.05, 0) is 31.2 Å². The summed E-state index contributed by atoms with van der Waals surface area (Å²) in [4.78, 5) is 12.5. The van der Waals surface area contributed by atoms with Gasteiger partial charge in [0.2, 0.25) is 0 Å². The number of nitrogens with zero attached hydrogens (tertiary/aromatic N) is 2. The monoisotopic (exact) mass is 339 g/mol. The Balaban J connectivity index is 1.73. The third-order valence-corrected chi connectivity index (χ3v) is 4.01. The molecule has 0 bridgehead atoms. The highest BCUT2D eigenvalue weighted by molar-refractivity contribution is 6.04. The topological polar surface area (TPSA) is 63.2 Å². The Kier molecular flexibility index (Phi) is 4.88. The lowest BCUT2D eigenvalue weighted by Crippen LogP contribution is -2.14. The van der Waals surface area contributed by atoms with Gasteiger partial charge in [0.05, 0.1) is 19.9 Å². The second-order valence-corrected chi connectivity index (χ2v) is 5.81. The molecule has 25 heavy (non-hydrogen) atoms. The van der Waals surface area contributed by atoms with Crippen LogP contribution in [0.3, 0.4) is 0 Å². The molecule has 0 atom stereocenters. The SMILES string of the molecule is COc1cc(NC(=O)c2ccc(N3CCC(C)=N3)cc2)cc(OC)c1. The maximum absolute atomic E-state index is 12.5. The van der Waals surface area contributed by atoms with Gasteiger partial charge in [-0.25, -0.2) is 0 Å². The second-order valence-electron chi connectivity index (χ2n) is 5.81. The van der Waals surface area contributed by atoms with Gasteiger partial charge in [-0.3, -0.25) is 9.80 Å². The summed E-state index contributed by atoms with van der Waals surface area (Å²) in [6.07, 6.45) is 0.972. The number of rotatable bonds is 5. The number of anilines is 2. The lowest BCUT2D eigenvalue weighted by atomic mass is 10.1. The first-order valence-electron chi connectivity index (χ1n) is 8.05. The normalized spacial score (nSPS) is 13.4.